The van der Waals surface area contributed by atoms with Crippen molar-refractivity contribution in [2.75, 3.05) is 13.1 Å². The van der Waals surface area contributed by atoms with Crippen LogP contribution in [0, 0.1) is 0 Å². The average Bonchev–Trinajstić information content (AvgIpc) is 2.86. The molecule has 0 radical (unpaired) electrons. The van der Waals surface area contributed by atoms with Gasteiger partial charge in [0.25, 0.3) is 0 Å². The molecule has 122 valence electrons. The molecule has 7 heteroatoms. The van der Waals surface area contributed by atoms with Crippen molar-refractivity contribution in [2.24, 2.45) is 10.7 Å². The van der Waals surface area contributed by atoms with Gasteiger partial charge in [0.15, 0.2) is 5.96 Å². The van der Waals surface area contributed by atoms with Crippen molar-refractivity contribution in [1.82, 2.24) is 15.0 Å². The number of benzene rings is 1. The molecule has 0 bridgehead atoms. The highest BCUT2D eigenvalue weighted by Crippen LogP contribution is 2.20. The van der Waals surface area contributed by atoms with Crippen molar-refractivity contribution in [3.8, 4) is 11.4 Å². The van der Waals surface area contributed by atoms with Gasteiger partial charge in [0.05, 0.1) is 0 Å². The lowest BCUT2D eigenvalue weighted by Crippen LogP contribution is -2.38. The Morgan fingerprint density at radius 1 is 1.26 bits per heavy atom. The van der Waals surface area contributed by atoms with E-state index in [9.17, 15) is 0 Å². The number of nitrogens with two attached hydrogens (primary N) is 1. The van der Waals surface area contributed by atoms with E-state index in [1.807, 2.05) is 12.1 Å². The zero-order valence-electron chi connectivity index (χ0n) is 12.9. The molecule has 1 aliphatic heterocycles. The number of hydrogen-bond acceptors (Lipinski definition) is 4. The molecular weight excluding hydrogens is 314 g/mol. The lowest BCUT2D eigenvalue weighted by molar-refractivity contribution is 0.378. The molecule has 0 aliphatic carbocycles. The van der Waals surface area contributed by atoms with Crippen LogP contribution < -0.4 is 5.73 Å². The molecule has 1 fully saturated rings. The lowest BCUT2D eigenvalue weighted by atomic mass is 10.2. The summed E-state index contributed by atoms with van der Waals surface area (Å²) in [6.07, 6.45) is 4.85. The Balaban J connectivity index is 1.65. The van der Waals surface area contributed by atoms with Gasteiger partial charge in [-0.05, 0) is 25.0 Å². The van der Waals surface area contributed by atoms with Crippen LogP contribution in [0.15, 0.2) is 33.8 Å². The number of hydrogen-bond donors (Lipinski definition) is 1. The van der Waals surface area contributed by atoms with Gasteiger partial charge < -0.3 is 15.2 Å². The van der Waals surface area contributed by atoms with E-state index in [2.05, 4.69) is 20.0 Å². The van der Waals surface area contributed by atoms with Crippen LogP contribution in [0.25, 0.3) is 11.4 Å². The summed E-state index contributed by atoms with van der Waals surface area (Å²) in [7, 11) is 0. The van der Waals surface area contributed by atoms with Gasteiger partial charge in [-0.3, -0.25) is 0 Å². The Morgan fingerprint density at radius 3 is 2.78 bits per heavy atom. The number of likely N-dealkylation sites (tertiary alicyclic amines) is 1. The summed E-state index contributed by atoms with van der Waals surface area (Å²) in [5, 5.41) is 4.60. The van der Waals surface area contributed by atoms with E-state index in [1.54, 1.807) is 12.1 Å². The number of aromatic nitrogens is 2. The van der Waals surface area contributed by atoms with Gasteiger partial charge in [-0.25, -0.2) is 4.99 Å². The molecular formula is C16H20ClN5O. The molecule has 23 heavy (non-hydrogen) atoms. The molecule has 0 spiro atoms. The zero-order chi connectivity index (χ0) is 16.1. The largest absolute Gasteiger partial charge is 0.370 e. The molecule has 2 N–H and O–H groups in total. The summed E-state index contributed by atoms with van der Waals surface area (Å²) in [6.45, 7) is 2.22. The van der Waals surface area contributed by atoms with Gasteiger partial charge in [0.1, 0.15) is 6.54 Å². The molecule has 0 atom stereocenters. The van der Waals surface area contributed by atoms with Crippen molar-refractivity contribution in [3.63, 3.8) is 0 Å². The number of nitrogens with zero attached hydrogens (tertiary/aromatic N) is 4. The van der Waals surface area contributed by atoms with E-state index < -0.39 is 0 Å². The van der Waals surface area contributed by atoms with Gasteiger partial charge in [0, 0.05) is 23.7 Å². The molecule has 1 aromatic heterocycles. The van der Waals surface area contributed by atoms with Crippen LogP contribution in [0.3, 0.4) is 0 Å². The van der Waals surface area contributed by atoms with E-state index >= 15 is 0 Å². The molecule has 0 amide bonds. The first-order chi connectivity index (χ1) is 11.2. The first kappa shape index (κ1) is 15.8. The Morgan fingerprint density at radius 2 is 2.04 bits per heavy atom. The van der Waals surface area contributed by atoms with Crippen molar-refractivity contribution in [1.29, 1.82) is 0 Å². The van der Waals surface area contributed by atoms with Gasteiger partial charge in [-0.15, -0.1) is 0 Å². The SMILES string of the molecule is NC(=NCc1nc(-c2cccc(Cl)c2)no1)N1CCCCCC1. The summed E-state index contributed by atoms with van der Waals surface area (Å²) in [5.41, 5.74) is 6.89. The molecule has 1 aliphatic rings. The minimum Gasteiger partial charge on any atom is -0.370 e. The van der Waals surface area contributed by atoms with E-state index in [1.165, 1.54) is 12.8 Å². The molecule has 2 aromatic rings. The Bertz CT molecular complexity index is 677. The van der Waals surface area contributed by atoms with Gasteiger partial charge >= 0.3 is 0 Å². The fourth-order valence-electron chi connectivity index (χ4n) is 2.61. The maximum Gasteiger partial charge on any atom is 0.248 e. The van der Waals surface area contributed by atoms with E-state index in [0.717, 1.165) is 31.5 Å². The molecule has 1 saturated heterocycles. The lowest BCUT2D eigenvalue weighted by Gasteiger charge is -2.20. The molecule has 2 heterocycles. The molecule has 1 aromatic carbocycles. The Hall–Kier alpha value is -2.08. The Kier molecular flexibility index (Phi) is 5.12. The van der Waals surface area contributed by atoms with Crippen LogP contribution in [0.5, 0.6) is 0 Å². The van der Waals surface area contributed by atoms with E-state index in [0.29, 0.717) is 22.7 Å². The van der Waals surface area contributed by atoms with Crippen LogP contribution in [-0.4, -0.2) is 34.1 Å². The second-order valence-corrected chi connectivity index (χ2v) is 6.03. The van der Waals surface area contributed by atoms with E-state index in [4.69, 9.17) is 21.9 Å². The number of guanidine groups is 1. The molecule has 6 nitrogen and oxygen atoms in total. The highest BCUT2D eigenvalue weighted by molar-refractivity contribution is 6.30. The van der Waals surface area contributed by atoms with Crippen molar-refractivity contribution < 1.29 is 4.52 Å². The van der Waals surface area contributed by atoms with Crippen LogP contribution in [-0.2, 0) is 6.54 Å². The predicted molar refractivity (Wildman–Crippen MR) is 90.1 cm³/mol. The minimum absolute atomic E-state index is 0.288. The normalized spacial score (nSPS) is 16.4. The van der Waals surface area contributed by atoms with Crippen LogP contribution in [0.2, 0.25) is 5.02 Å². The van der Waals surface area contributed by atoms with Crippen LogP contribution in [0.4, 0.5) is 0 Å². The zero-order valence-corrected chi connectivity index (χ0v) is 13.7. The highest BCUT2D eigenvalue weighted by atomic mass is 35.5. The molecule has 3 rings (SSSR count). The maximum absolute atomic E-state index is 6.07. The first-order valence-electron chi connectivity index (χ1n) is 7.86. The Labute approximate surface area is 140 Å². The summed E-state index contributed by atoms with van der Waals surface area (Å²) < 4.78 is 5.24. The summed E-state index contributed by atoms with van der Waals surface area (Å²) in [4.78, 5) is 10.8. The third kappa shape index (κ3) is 4.22. The van der Waals surface area contributed by atoms with Crippen LogP contribution >= 0.6 is 11.6 Å². The third-order valence-electron chi connectivity index (χ3n) is 3.86. The summed E-state index contributed by atoms with van der Waals surface area (Å²) in [5.74, 6) is 1.50. The van der Waals surface area contributed by atoms with E-state index in [-0.39, 0.29) is 6.54 Å². The number of rotatable bonds is 3. The first-order valence-corrected chi connectivity index (χ1v) is 8.23. The summed E-state index contributed by atoms with van der Waals surface area (Å²) in [6, 6.07) is 7.34. The fourth-order valence-corrected chi connectivity index (χ4v) is 2.80. The van der Waals surface area contributed by atoms with Crippen LogP contribution in [0.1, 0.15) is 31.6 Å². The van der Waals surface area contributed by atoms with Crippen molar-refractivity contribution in [3.05, 3.63) is 35.2 Å². The quantitative estimate of drug-likeness (QED) is 0.689. The topological polar surface area (TPSA) is 80.5 Å². The third-order valence-corrected chi connectivity index (χ3v) is 4.09. The molecule has 0 saturated carbocycles. The maximum atomic E-state index is 6.07. The monoisotopic (exact) mass is 333 g/mol. The minimum atomic E-state index is 0.288. The van der Waals surface area contributed by atoms with Crippen molar-refractivity contribution in [2.45, 2.75) is 32.2 Å². The van der Waals surface area contributed by atoms with Gasteiger partial charge in [0.2, 0.25) is 11.7 Å². The summed E-state index contributed by atoms with van der Waals surface area (Å²) >= 11 is 5.97. The number of aliphatic imine (C=N–C) groups is 1. The van der Waals surface area contributed by atoms with Crippen molar-refractivity contribution >= 4 is 17.6 Å². The molecule has 0 unspecified atom stereocenters. The highest BCUT2D eigenvalue weighted by Gasteiger charge is 2.12. The number of halogens is 1. The van der Waals surface area contributed by atoms with Gasteiger partial charge in [-0.1, -0.05) is 41.7 Å². The second-order valence-electron chi connectivity index (χ2n) is 5.60. The smallest absolute Gasteiger partial charge is 0.248 e. The van der Waals surface area contributed by atoms with Gasteiger partial charge in [-0.2, -0.15) is 4.98 Å². The average molecular weight is 334 g/mol. The fraction of sp³-hybridized carbons (Fsp3) is 0.438. The standard InChI is InChI=1S/C16H20ClN5O/c17-13-7-5-6-12(10-13)15-20-14(23-21-15)11-19-16(18)22-8-3-1-2-4-9-22/h5-7,10H,1-4,8-9,11H2,(H2,18,19). The predicted octanol–water partition coefficient (Wildman–Crippen LogP) is 3.08. The second kappa shape index (κ2) is 7.46.